The van der Waals surface area contributed by atoms with Gasteiger partial charge >= 0.3 is 0 Å². The molecule has 1 unspecified atom stereocenters. The van der Waals surface area contributed by atoms with Crippen LogP contribution >= 0.6 is 0 Å². The third kappa shape index (κ3) is 2.83. The maximum absolute atomic E-state index is 12.6. The molecule has 23 heavy (non-hydrogen) atoms. The summed E-state index contributed by atoms with van der Waals surface area (Å²) in [5.74, 6) is -2.55. The lowest BCUT2D eigenvalue weighted by atomic mass is 10.0. The van der Waals surface area contributed by atoms with Gasteiger partial charge in [-0.2, -0.15) is 0 Å². The first-order valence-electron chi connectivity index (χ1n) is 6.87. The lowest BCUT2D eigenvalue weighted by Gasteiger charge is -2.27. The first-order valence-corrected chi connectivity index (χ1v) is 6.87. The maximum atomic E-state index is 12.6. The summed E-state index contributed by atoms with van der Waals surface area (Å²) in [6, 6.07) is -1.06. The Kier molecular flexibility index (Phi) is 4.54. The van der Waals surface area contributed by atoms with E-state index in [4.69, 9.17) is 0 Å². The fourth-order valence-corrected chi connectivity index (χ4v) is 2.50. The molecule has 2 saturated heterocycles. The van der Waals surface area contributed by atoms with E-state index in [0.717, 1.165) is 4.90 Å². The Hall–Kier alpha value is -3.03. The Morgan fingerprint density at radius 3 is 2.57 bits per heavy atom. The fraction of sp³-hybridized carbons (Fsp3) is 0.267. The second-order valence-electron chi connectivity index (χ2n) is 4.97. The molecule has 0 aromatic rings. The molecule has 120 valence electrons. The number of aldehydes is 1. The second-order valence-corrected chi connectivity index (χ2v) is 4.97. The average Bonchev–Trinajstić information content (AvgIpc) is 2.72. The highest BCUT2D eigenvalue weighted by atomic mass is 16.2. The SMILES string of the molecule is C=C/C(NCC=O)=C1\C(=C)C(=O)N(C2CCC(=O)NC2=O)C1=O. The van der Waals surface area contributed by atoms with Crippen molar-refractivity contribution in [3.05, 3.63) is 36.1 Å². The molecule has 8 heteroatoms. The van der Waals surface area contributed by atoms with Crippen LogP contribution in [0.3, 0.4) is 0 Å². The minimum absolute atomic E-state index is 0.0310. The van der Waals surface area contributed by atoms with Crippen LogP contribution in [0.25, 0.3) is 0 Å². The summed E-state index contributed by atoms with van der Waals surface area (Å²) in [6.07, 6.45) is 1.99. The van der Waals surface area contributed by atoms with Gasteiger partial charge in [-0.15, -0.1) is 0 Å². The standard InChI is InChI=1S/C15H15N3O5/c1-3-9(16-6-7-19)12-8(2)14(22)18(15(12)23)10-4-5-11(20)17-13(10)21/h3,7,10,16H,1-2,4-6H2,(H,17,20,21)/b12-9-. The third-order valence-electron chi connectivity index (χ3n) is 3.58. The van der Waals surface area contributed by atoms with Crippen LogP contribution in [0, 0.1) is 0 Å². The van der Waals surface area contributed by atoms with Crippen LogP contribution in [-0.2, 0) is 24.0 Å². The number of nitrogens with one attached hydrogen (secondary N) is 2. The first-order chi connectivity index (χ1) is 10.9. The van der Waals surface area contributed by atoms with Crippen molar-refractivity contribution < 1.29 is 24.0 Å². The number of nitrogens with zero attached hydrogens (tertiary/aromatic N) is 1. The Morgan fingerprint density at radius 2 is 2.00 bits per heavy atom. The number of carbonyl (C=O) groups excluding carboxylic acids is 5. The number of carbonyl (C=O) groups is 5. The zero-order valence-electron chi connectivity index (χ0n) is 12.3. The van der Waals surface area contributed by atoms with Gasteiger partial charge in [0.1, 0.15) is 12.3 Å². The Morgan fingerprint density at radius 1 is 1.30 bits per heavy atom. The molecule has 1 atom stereocenters. The summed E-state index contributed by atoms with van der Waals surface area (Å²) in [4.78, 5) is 59.2. The zero-order valence-corrected chi connectivity index (χ0v) is 12.3. The van der Waals surface area contributed by atoms with Crippen molar-refractivity contribution in [1.29, 1.82) is 0 Å². The van der Waals surface area contributed by atoms with Gasteiger partial charge in [0.25, 0.3) is 11.8 Å². The van der Waals surface area contributed by atoms with Crippen LogP contribution < -0.4 is 10.6 Å². The van der Waals surface area contributed by atoms with Crippen LogP contribution in [0.1, 0.15) is 12.8 Å². The summed E-state index contributed by atoms with van der Waals surface area (Å²) in [6.45, 7) is 7.04. The smallest absolute Gasteiger partial charge is 0.264 e. The highest BCUT2D eigenvalue weighted by Crippen LogP contribution is 2.30. The van der Waals surface area contributed by atoms with Crippen LogP contribution in [0.5, 0.6) is 0 Å². The van der Waals surface area contributed by atoms with E-state index in [0.29, 0.717) is 6.29 Å². The van der Waals surface area contributed by atoms with E-state index in [2.05, 4.69) is 23.8 Å². The van der Waals surface area contributed by atoms with Gasteiger partial charge in [-0.05, 0) is 12.5 Å². The second kappa shape index (κ2) is 6.39. The lowest BCUT2D eigenvalue weighted by molar-refractivity contribution is -0.149. The number of rotatable bonds is 5. The molecular weight excluding hydrogens is 302 g/mol. The molecule has 0 saturated carbocycles. The Bertz CT molecular complexity index is 677. The number of likely N-dealkylation sites (tertiary alicyclic amines) is 1. The van der Waals surface area contributed by atoms with Crippen molar-refractivity contribution in [2.24, 2.45) is 0 Å². The lowest BCUT2D eigenvalue weighted by Crippen LogP contribution is -2.54. The molecule has 4 amide bonds. The number of hydrogen-bond donors (Lipinski definition) is 2. The molecule has 0 aromatic carbocycles. The van der Waals surface area contributed by atoms with E-state index in [1.54, 1.807) is 0 Å². The van der Waals surface area contributed by atoms with Gasteiger partial charge in [0.2, 0.25) is 11.8 Å². The minimum Gasteiger partial charge on any atom is -0.378 e. The normalized spacial score (nSPS) is 23.7. The molecule has 8 nitrogen and oxygen atoms in total. The molecule has 0 radical (unpaired) electrons. The summed E-state index contributed by atoms with van der Waals surface area (Å²) in [7, 11) is 0. The zero-order chi connectivity index (χ0) is 17.1. The van der Waals surface area contributed by atoms with Crippen molar-refractivity contribution in [3.8, 4) is 0 Å². The number of allylic oxidation sites excluding steroid dienone is 1. The van der Waals surface area contributed by atoms with Gasteiger partial charge in [0.15, 0.2) is 0 Å². The molecule has 0 spiro atoms. The third-order valence-corrected chi connectivity index (χ3v) is 3.58. The van der Waals surface area contributed by atoms with Gasteiger partial charge in [-0.3, -0.25) is 29.4 Å². The predicted molar refractivity (Wildman–Crippen MR) is 78.5 cm³/mol. The molecule has 2 aliphatic heterocycles. The van der Waals surface area contributed by atoms with E-state index >= 15 is 0 Å². The van der Waals surface area contributed by atoms with Crippen LogP contribution in [0.15, 0.2) is 36.1 Å². The summed E-state index contributed by atoms with van der Waals surface area (Å²) < 4.78 is 0. The van der Waals surface area contributed by atoms with E-state index in [1.165, 1.54) is 6.08 Å². The summed E-state index contributed by atoms with van der Waals surface area (Å²) in [5.41, 5.74) is 0.0693. The molecule has 0 bridgehead atoms. The fourth-order valence-electron chi connectivity index (χ4n) is 2.50. The van der Waals surface area contributed by atoms with Crippen LogP contribution in [0.4, 0.5) is 0 Å². The molecular formula is C15H15N3O5. The number of imide groups is 2. The van der Waals surface area contributed by atoms with Crippen LogP contribution in [-0.4, -0.2) is 47.4 Å². The quantitative estimate of drug-likeness (QED) is 0.380. The summed E-state index contributed by atoms with van der Waals surface area (Å²) >= 11 is 0. The largest absolute Gasteiger partial charge is 0.378 e. The highest BCUT2D eigenvalue weighted by Gasteiger charge is 2.46. The summed E-state index contributed by atoms with van der Waals surface area (Å²) in [5, 5.41) is 4.77. The van der Waals surface area contributed by atoms with Crippen molar-refractivity contribution in [2.75, 3.05) is 6.54 Å². The number of amides is 4. The maximum Gasteiger partial charge on any atom is 0.264 e. The van der Waals surface area contributed by atoms with Crippen molar-refractivity contribution >= 4 is 29.9 Å². The molecule has 2 rings (SSSR count). The van der Waals surface area contributed by atoms with Crippen LogP contribution in [0.2, 0.25) is 0 Å². The van der Waals surface area contributed by atoms with Crippen molar-refractivity contribution in [2.45, 2.75) is 18.9 Å². The van der Waals surface area contributed by atoms with E-state index < -0.39 is 29.7 Å². The minimum atomic E-state index is -1.06. The Labute approximate surface area is 131 Å². The van der Waals surface area contributed by atoms with E-state index in [-0.39, 0.29) is 36.2 Å². The topological polar surface area (TPSA) is 113 Å². The van der Waals surface area contributed by atoms with Gasteiger partial charge < -0.3 is 10.1 Å². The van der Waals surface area contributed by atoms with Gasteiger partial charge in [0.05, 0.1) is 12.1 Å². The molecule has 0 aliphatic carbocycles. The first kappa shape index (κ1) is 16.3. The van der Waals surface area contributed by atoms with E-state index in [9.17, 15) is 24.0 Å². The number of piperidine rings is 1. The van der Waals surface area contributed by atoms with Crippen molar-refractivity contribution in [1.82, 2.24) is 15.5 Å². The predicted octanol–water partition coefficient (Wildman–Crippen LogP) is -1.05. The van der Waals surface area contributed by atoms with Gasteiger partial charge in [-0.1, -0.05) is 13.2 Å². The molecule has 2 heterocycles. The molecule has 0 aromatic heterocycles. The Balaban J connectivity index is 2.38. The molecule has 2 N–H and O–H groups in total. The molecule has 2 fully saturated rings. The monoisotopic (exact) mass is 317 g/mol. The van der Waals surface area contributed by atoms with E-state index in [1.807, 2.05) is 0 Å². The van der Waals surface area contributed by atoms with Crippen molar-refractivity contribution in [3.63, 3.8) is 0 Å². The van der Waals surface area contributed by atoms with Gasteiger partial charge in [-0.25, -0.2) is 0 Å². The highest BCUT2D eigenvalue weighted by molar-refractivity contribution is 6.26. The average molecular weight is 317 g/mol. The van der Waals surface area contributed by atoms with Gasteiger partial charge in [0, 0.05) is 17.7 Å². The number of hydrogen-bond acceptors (Lipinski definition) is 6. The molecule has 2 aliphatic rings.